The third-order valence-electron chi connectivity index (χ3n) is 2.33. The van der Waals surface area contributed by atoms with Crippen LogP contribution in [0.25, 0.3) is 0 Å². The lowest BCUT2D eigenvalue weighted by Crippen LogP contribution is -2.47. The molecule has 1 aromatic carbocycles. The molecule has 2 atom stereocenters. The molecule has 1 aromatic rings. The van der Waals surface area contributed by atoms with Crippen molar-refractivity contribution in [2.45, 2.75) is 12.1 Å². The number of carboxylic acid groups (broad SMARTS) is 1. The SMILES string of the molecule is NC[C@@H](N)C(=O)NC(C(=O)O)c1ccc(F)cc1. The molecule has 6 nitrogen and oxygen atoms in total. The molecule has 0 radical (unpaired) electrons. The summed E-state index contributed by atoms with van der Waals surface area (Å²) in [6, 6.07) is 2.52. The predicted molar refractivity (Wildman–Crippen MR) is 61.9 cm³/mol. The molecule has 0 bridgehead atoms. The molecule has 18 heavy (non-hydrogen) atoms. The second-order valence-electron chi connectivity index (χ2n) is 3.67. The molecule has 0 fully saturated rings. The summed E-state index contributed by atoms with van der Waals surface area (Å²) in [5.41, 5.74) is 10.8. The number of nitrogens with two attached hydrogens (primary N) is 2. The summed E-state index contributed by atoms with van der Waals surface area (Å²) in [6.45, 7) is -0.0956. The van der Waals surface area contributed by atoms with Crippen molar-refractivity contribution in [2.75, 3.05) is 6.54 Å². The van der Waals surface area contributed by atoms with E-state index in [9.17, 15) is 14.0 Å². The van der Waals surface area contributed by atoms with Gasteiger partial charge < -0.3 is 21.9 Å². The quantitative estimate of drug-likeness (QED) is 0.557. The highest BCUT2D eigenvalue weighted by Crippen LogP contribution is 2.14. The number of hydrogen-bond donors (Lipinski definition) is 4. The summed E-state index contributed by atoms with van der Waals surface area (Å²) in [6.07, 6.45) is 0. The zero-order chi connectivity index (χ0) is 13.7. The number of nitrogens with one attached hydrogen (secondary N) is 1. The Bertz CT molecular complexity index is 436. The molecule has 1 unspecified atom stereocenters. The van der Waals surface area contributed by atoms with Gasteiger partial charge in [-0.3, -0.25) is 4.79 Å². The predicted octanol–water partition coefficient (Wildman–Crippen LogP) is -0.646. The van der Waals surface area contributed by atoms with Crippen molar-refractivity contribution in [1.29, 1.82) is 0 Å². The molecule has 1 amide bonds. The number of benzene rings is 1. The lowest BCUT2D eigenvalue weighted by atomic mass is 10.1. The zero-order valence-corrected chi connectivity index (χ0v) is 9.47. The molecule has 98 valence electrons. The summed E-state index contributed by atoms with van der Waals surface area (Å²) in [5, 5.41) is 11.3. The molecule has 0 saturated heterocycles. The van der Waals surface area contributed by atoms with E-state index in [0.717, 1.165) is 12.1 Å². The summed E-state index contributed by atoms with van der Waals surface area (Å²) in [5.74, 6) is -2.43. The molecule has 0 spiro atoms. The highest BCUT2D eigenvalue weighted by Gasteiger charge is 2.24. The summed E-state index contributed by atoms with van der Waals surface area (Å²) >= 11 is 0. The van der Waals surface area contributed by atoms with E-state index in [0.29, 0.717) is 0 Å². The molecule has 0 aliphatic heterocycles. The number of carbonyl (C=O) groups is 2. The number of amides is 1. The lowest BCUT2D eigenvalue weighted by molar-refractivity contribution is -0.142. The average Bonchev–Trinajstić information content (AvgIpc) is 2.35. The van der Waals surface area contributed by atoms with Crippen LogP contribution in [0.5, 0.6) is 0 Å². The topological polar surface area (TPSA) is 118 Å². The standard InChI is InChI=1S/C11H14FN3O3/c12-7-3-1-6(2-4-7)9(11(17)18)15-10(16)8(14)5-13/h1-4,8-9H,5,13-14H2,(H,15,16)(H,17,18)/t8-,9?/m1/s1. The molecule has 0 aliphatic carbocycles. The minimum absolute atomic E-state index is 0.0956. The van der Waals surface area contributed by atoms with E-state index in [1.165, 1.54) is 12.1 Å². The van der Waals surface area contributed by atoms with E-state index < -0.39 is 29.8 Å². The Morgan fingerprint density at radius 3 is 2.33 bits per heavy atom. The van der Waals surface area contributed by atoms with Crippen LogP contribution in [-0.2, 0) is 9.59 Å². The van der Waals surface area contributed by atoms with Gasteiger partial charge in [0.2, 0.25) is 5.91 Å². The first-order chi connectivity index (χ1) is 8.45. The maximum atomic E-state index is 12.7. The monoisotopic (exact) mass is 255 g/mol. The van der Waals surface area contributed by atoms with Gasteiger partial charge >= 0.3 is 5.97 Å². The smallest absolute Gasteiger partial charge is 0.330 e. The fourth-order valence-electron chi connectivity index (χ4n) is 1.30. The van der Waals surface area contributed by atoms with Crippen LogP contribution >= 0.6 is 0 Å². The number of aliphatic carboxylic acids is 1. The molecule has 0 heterocycles. The first-order valence-corrected chi connectivity index (χ1v) is 5.20. The van der Waals surface area contributed by atoms with Crippen molar-refractivity contribution in [3.8, 4) is 0 Å². The van der Waals surface area contributed by atoms with Gasteiger partial charge in [-0.1, -0.05) is 12.1 Å². The van der Waals surface area contributed by atoms with Crippen LogP contribution in [0.15, 0.2) is 24.3 Å². The van der Waals surface area contributed by atoms with Crippen LogP contribution in [0.4, 0.5) is 4.39 Å². The molecule has 0 aromatic heterocycles. The number of rotatable bonds is 5. The third kappa shape index (κ3) is 3.51. The second kappa shape index (κ2) is 6.08. The molecule has 0 aliphatic rings. The Balaban J connectivity index is 2.87. The van der Waals surface area contributed by atoms with Gasteiger partial charge in [-0.2, -0.15) is 0 Å². The van der Waals surface area contributed by atoms with Gasteiger partial charge in [-0.05, 0) is 17.7 Å². The van der Waals surface area contributed by atoms with Crippen molar-refractivity contribution in [3.05, 3.63) is 35.6 Å². The Hall–Kier alpha value is -1.99. The minimum Gasteiger partial charge on any atom is -0.479 e. The van der Waals surface area contributed by atoms with E-state index in [-0.39, 0.29) is 12.1 Å². The number of halogens is 1. The van der Waals surface area contributed by atoms with Gasteiger partial charge in [-0.25, -0.2) is 9.18 Å². The van der Waals surface area contributed by atoms with Gasteiger partial charge in [0.15, 0.2) is 6.04 Å². The third-order valence-corrected chi connectivity index (χ3v) is 2.33. The Morgan fingerprint density at radius 1 is 1.33 bits per heavy atom. The van der Waals surface area contributed by atoms with Crippen molar-refractivity contribution >= 4 is 11.9 Å². The first kappa shape index (κ1) is 14.1. The van der Waals surface area contributed by atoms with Gasteiger partial charge in [0.1, 0.15) is 5.82 Å². The summed E-state index contributed by atoms with van der Waals surface area (Å²) in [7, 11) is 0. The van der Waals surface area contributed by atoms with Gasteiger partial charge in [0, 0.05) is 6.54 Å². The van der Waals surface area contributed by atoms with Crippen molar-refractivity contribution in [1.82, 2.24) is 5.32 Å². The van der Waals surface area contributed by atoms with E-state index in [2.05, 4.69) is 5.32 Å². The molecular weight excluding hydrogens is 241 g/mol. The summed E-state index contributed by atoms with van der Waals surface area (Å²) in [4.78, 5) is 22.5. The van der Waals surface area contributed by atoms with Crippen LogP contribution in [0.1, 0.15) is 11.6 Å². The van der Waals surface area contributed by atoms with Crippen LogP contribution in [0, 0.1) is 5.82 Å². The van der Waals surface area contributed by atoms with Gasteiger partial charge in [0.05, 0.1) is 6.04 Å². The van der Waals surface area contributed by atoms with Crippen molar-refractivity contribution in [2.24, 2.45) is 11.5 Å². The number of hydrogen-bond acceptors (Lipinski definition) is 4. The molecule has 1 rings (SSSR count). The highest BCUT2D eigenvalue weighted by molar-refractivity contribution is 5.87. The van der Waals surface area contributed by atoms with E-state index in [1.807, 2.05) is 0 Å². The lowest BCUT2D eigenvalue weighted by Gasteiger charge is -2.17. The fourth-order valence-corrected chi connectivity index (χ4v) is 1.30. The Kier molecular flexibility index (Phi) is 4.75. The minimum atomic E-state index is -1.28. The van der Waals surface area contributed by atoms with Crippen LogP contribution in [0.3, 0.4) is 0 Å². The maximum Gasteiger partial charge on any atom is 0.330 e. The maximum absolute atomic E-state index is 12.7. The Morgan fingerprint density at radius 2 is 1.89 bits per heavy atom. The number of carbonyl (C=O) groups excluding carboxylic acids is 1. The largest absolute Gasteiger partial charge is 0.479 e. The van der Waals surface area contributed by atoms with E-state index >= 15 is 0 Å². The highest BCUT2D eigenvalue weighted by atomic mass is 19.1. The average molecular weight is 255 g/mol. The molecule has 7 heteroatoms. The zero-order valence-electron chi connectivity index (χ0n) is 9.47. The number of carboxylic acids is 1. The van der Waals surface area contributed by atoms with Crippen LogP contribution in [0.2, 0.25) is 0 Å². The van der Waals surface area contributed by atoms with Gasteiger partial charge in [0.25, 0.3) is 0 Å². The molecule has 6 N–H and O–H groups in total. The first-order valence-electron chi connectivity index (χ1n) is 5.20. The fraction of sp³-hybridized carbons (Fsp3) is 0.273. The van der Waals surface area contributed by atoms with Crippen molar-refractivity contribution < 1.29 is 19.1 Å². The summed E-state index contributed by atoms with van der Waals surface area (Å²) < 4.78 is 12.7. The Labute approximate surface area is 103 Å². The van der Waals surface area contributed by atoms with Crippen LogP contribution in [-0.4, -0.2) is 29.6 Å². The second-order valence-corrected chi connectivity index (χ2v) is 3.67. The molecule has 0 saturated carbocycles. The van der Waals surface area contributed by atoms with Crippen molar-refractivity contribution in [3.63, 3.8) is 0 Å². The normalized spacial score (nSPS) is 13.7. The van der Waals surface area contributed by atoms with E-state index in [1.54, 1.807) is 0 Å². The van der Waals surface area contributed by atoms with E-state index in [4.69, 9.17) is 16.6 Å². The van der Waals surface area contributed by atoms with Gasteiger partial charge in [-0.15, -0.1) is 0 Å². The molecular formula is C11H14FN3O3. The van der Waals surface area contributed by atoms with Crippen LogP contribution < -0.4 is 16.8 Å².